The van der Waals surface area contributed by atoms with E-state index in [1.165, 1.54) is 18.3 Å². The zero-order chi connectivity index (χ0) is 20.2. The number of halogens is 1. The average molecular weight is 394 g/mol. The van der Waals surface area contributed by atoms with Crippen LogP contribution in [0.1, 0.15) is 24.3 Å². The van der Waals surface area contributed by atoms with E-state index in [1.807, 2.05) is 0 Å². The molecule has 0 atom stereocenters. The van der Waals surface area contributed by atoms with Crippen molar-refractivity contribution in [1.29, 1.82) is 0 Å². The maximum Gasteiger partial charge on any atom is 0.235 e. The van der Waals surface area contributed by atoms with Gasteiger partial charge in [0.15, 0.2) is 18.2 Å². The van der Waals surface area contributed by atoms with Crippen LogP contribution in [0, 0.1) is 11.7 Å². The Bertz CT molecular complexity index is 1040. The standard InChI is InChI=1S/C21H19FN4O3/c22-16-8-6-13(7-9-16)18-11-24-19(29-18)12-28-26-20(23)15-2-1-3-17(10-15)25-21(27)14-4-5-14/h1-3,6-11,14H,4-5,12H2,(H2,23,26)(H,25,27). The smallest absolute Gasteiger partial charge is 0.235 e. The summed E-state index contributed by atoms with van der Waals surface area (Å²) in [7, 11) is 0. The van der Waals surface area contributed by atoms with Gasteiger partial charge in [-0.2, -0.15) is 0 Å². The molecule has 1 aromatic heterocycles. The summed E-state index contributed by atoms with van der Waals surface area (Å²) in [6, 6.07) is 13.0. The highest BCUT2D eigenvalue weighted by atomic mass is 19.1. The Balaban J connectivity index is 1.35. The second kappa shape index (κ2) is 8.14. The molecule has 1 amide bonds. The summed E-state index contributed by atoms with van der Waals surface area (Å²) in [5.41, 5.74) is 7.96. The van der Waals surface area contributed by atoms with E-state index in [0.717, 1.165) is 12.8 Å². The number of oxime groups is 1. The predicted octanol–water partition coefficient (Wildman–Crippen LogP) is 3.67. The molecule has 1 aliphatic carbocycles. The molecule has 0 radical (unpaired) electrons. The number of hydrogen-bond acceptors (Lipinski definition) is 5. The lowest BCUT2D eigenvalue weighted by Crippen LogP contribution is -2.16. The largest absolute Gasteiger partial charge is 0.437 e. The van der Waals surface area contributed by atoms with Gasteiger partial charge in [0.2, 0.25) is 11.8 Å². The number of anilines is 1. The number of carbonyl (C=O) groups excluding carboxylic acids is 1. The van der Waals surface area contributed by atoms with E-state index in [-0.39, 0.29) is 30.1 Å². The first-order chi connectivity index (χ1) is 14.1. The molecular weight excluding hydrogens is 375 g/mol. The van der Waals surface area contributed by atoms with Crippen LogP contribution in [0.25, 0.3) is 11.3 Å². The number of oxazole rings is 1. The van der Waals surface area contributed by atoms with Gasteiger partial charge in [-0.25, -0.2) is 9.37 Å². The Labute approximate surface area is 166 Å². The number of amidine groups is 1. The third-order valence-electron chi connectivity index (χ3n) is 4.41. The quantitative estimate of drug-likeness (QED) is 0.362. The maximum absolute atomic E-state index is 13.0. The maximum atomic E-state index is 13.0. The van der Waals surface area contributed by atoms with E-state index in [1.54, 1.807) is 36.4 Å². The van der Waals surface area contributed by atoms with Crippen LogP contribution in [0.3, 0.4) is 0 Å². The van der Waals surface area contributed by atoms with Crippen LogP contribution in [0.2, 0.25) is 0 Å². The van der Waals surface area contributed by atoms with Crippen molar-refractivity contribution in [3.63, 3.8) is 0 Å². The Morgan fingerprint density at radius 2 is 2.07 bits per heavy atom. The number of nitrogens with two attached hydrogens (primary N) is 1. The first-order valence-corrected chi connectivity index (χ1v) is 9.16. The van der Waals surface area contributed by atoms with Gasteiger partial charge in [-0.3, -0.25) is 4.79 Å². The van der Waals surface area contributed by atoms with Gasteiger partial charge in [0, 0.05) is 22.7 Å². The van der Waals surface area contributed by atoms with Gasteiger partial charge >= 0.3 is 0 Å². The highest BCUT2D eigenvalue weighted by molar-refractivity contribution is 5.99. The fourth-order valence-electron chi connectivity index (χ4n) is 2.68. The van der Waals surface area contributed by atoms with Crippen LogP contribution < -0.4 is 11.1 Å². The van der Waals surface area contributed by atoms with Gasteiger partial charge in [-0.1, -0.05) is 17.3 Å². The number of nitrogens with zero attached hydrogens (tertiary/aromatic N) is 2. The second-order valence-electron chi connectivity index (χ2n) is 6.72. The molecule has 0 aliphatic heterocycles. The van der Waals surface area contributed by atoms with Gasteiger partial charge in [-0.05, 0) is 49.2 Å². The van der Waals surface area contributed by atoms with Crippen molar-refractivity contribution < 1.29 is 18.4 Å². The molecule has 1 heterocycles. The third kappa shape index (κ3) is 4.78. The van der Waals surface area contributed by atoms with E-state index in [4.69, 9.17) is 15.0 Å². The van der Waals surface area contributed by atoms with Crippen LogP contribution >= 0.6 is 0 Å². The van der Waals surface area contributed by atoms with E-state index in [0.29, 0.717) is 28.5 Å². The number of benzene rings is 2. The summed E-state index contributed by atoms with van der Waals surface area (Å²) < 4.78 is 18.6. The van der Waals surface area contributed by atoms with Crippen LogP contribution in [0.15, 0.2) is 64.3 Å². The van der Waals surface area contributed by atoms with Gasteiger partial charge in [0.1, 0.15) is 5.82 Å². The molecule has 0 spiro atoms. The normalized spacial score (nSPS) is 13.9. The molecule has 3 N–H and O–H groups in total. The first-order valence-electron chi connectivity index (χ1n) is 9.16. The SMILES string of the molecule is N/C(=N/OCc1ncc(-c2ccc(F)cc2)o1)c1cccc(NC(=O)C2CC2)c1. The molecule has 7 nitrogen and oxygen atoms in total. The fourth-order valence-corrected chi connectivity index (χ4v) is 2.68. The Hall–Kier alpha value is -3.68. The number of aromatic nitrogens is 1. The summed E-state index contributed by atoms with van der Waals surface area (Å²) in [5.74, 6) is 0.796. The lowest BCUT2D eigenvalue weighted by molar-refractivity contribution is -0.117. The minimum Gasteiger partial charge on any atom is -0.437 e. The van der Waals surface area contributed by atoms with Gasteiger partial charge in [-0.15, -0.1) is 0 Å². The molecule has 0 unspecified atom stereocenters. The average Bonchev–Trinajstić information content (AvgIpc) is 3.48. The second-order valence-corrected chi connectivity index (χ2v) is 6.72. The minimum absolute atomic E-state index is 0.0139. The zero-order valence-electron chi connectivity index (χ0n) is 15.5. The van der Waals surface area contributed by atoms with Crippen molar-refractivity contribution in [3.05, 3.63) is 72.0 Å². The zero-order valence-corrected chi connectivity index (χ0v) is 15.5. The number of amides is 1. The Morgan fingerprint density at radius 1 is 1.28 bits per heavy atom. The third-order valence-corrected chi connectivity index (χ3v) is 4.41. The molecule has 29 heavy (non-hydrogen) atoms. The van der Waals surface area contributed by atoms with Crippen molar-refractivity contribution in [2.45, 2.75) is 19.4 Å². The number of hydrogen-bond donors (Lipinski definition) is 2. The molecule has 0 saturated heterocycles. The molecule has 148 valence electrons. The summed E-state index contributed by atoms with van der Waals surface area (Å²) in [5, 5.41) is 6.75. The minimum atomic E-state index is -0.321. The summed E-state index contributed by atoms with van der Waals surface area (Å²) in [4.78, 5) is 21.2. The highest BCUT2D eigenvalue weighted by Gasteiger charge is 2.29. The first kappa shape index (κ1) is 18.7. The molecule has 3 aromatic rings. The summed E-state index contributed by atoms with van der Waals surface area (Å²) in [6.45, 7) is -0.0139. The lowest BCUT2D eigenvalue weighted by Gasteiger charge is -2.06. The highest BCUT2D eigenvalue weighted by Crippen LogP contribution is 2.30. The van der Waals surface area contributed by atoms with Crippen molar-refractivity contribution in [1.82, 2.24) is 4.98 Å². The summed E-state index contributed by atoms with van der Waals surface area (Å²) >= 11 is 0. The van der Waals surface area contributed by atoms with E-state index in [9.17, 15) is 9.18 Å². The van der Waals surface area contributed by atoms with Gasteiger partial charge in [0.05, 0.1) is 6.20 Å². The monoisotopic (exact) mass is 394 g/mol. The van der Waals surface area contributed by atoms with Crippen LogP contribution in [-0.2, 0) is 16.2 Å². The molecule has 2 aromatic carbocycles. The molecule has 8 heteroatoms. The number of rotatable bonds is 7. The Kier molecular flexibility index (Phi) is 5.24. The molecular formula is C21H19FN4O3. The Morgan fingerprint density at radius 3 is 2.83 bits per heavy atom. The molecule has 1 saturated carbocycles. The van der Waals surface area contributed by atoms with Crippen molar-refractivity contribution >= 4 is 17.4 Å². The van der Waals surface area contributed by atoms with Crippen molar-refractivity contribution in [3.8, 4) is 11.3 Å². The predicted molar refractivity (Wildman–Crippen MR) is 105 cm³/mol. The van der Waals surface area contributed by atoms with E-state index < -0.39 is 0 Å². The van der Waals surface area contributed by atoms with Crippen LogP contribution in [0.5, 0.6) is 0 Å². The van der Waals surface area contributed by atoms with Gasteiger partial charge in [0.25, 0.3) is 0 Å². The molecule has 1 fully saturated rings. The van der Waals surface area contributed by atoms with Crippen LogP contribution in [-0.4, -0.2) is 16.7 Å². The summed E-state index contributed by atoms with van der Waals surface area (Å²) in [6.07, 6.45) is 3.41. The number of carbonyl (C=O) groups is 1. The fraction of sp³-hybridized carbons (Fsp3) is 0.190. The van der Waals surface area contributed by atoms with Crippen molar-refractivity contribution in [2.24, 2.45) is 16.8 Å². The lowest BCUT2D eigenvalue weighted by atomic mass is 10.2. The number of nitrogens with one attached hydrogen (secondary N) is 1. The molecule has 0 bridgehead atoms. The van der Waals surface area contributed by atoms with E-state index in [2.05, 4.69) is 15.5 Å². The molecule has 4 rings (SSSR count). The molecule has 1 aliphatic rings. The van der Waals surface area contributed by atoms with Crippen molar-refractivity contribution in [2.75, 3.05) is 5.32 Å². The van der Waals surface area contributed by atoms with E-state index >= 15 is 0 Å². The van der Waals surface area contributed by atoms with Crippen LogP contribution in [0.4, 0.5) is 10.1 Å². The van der Waals surface area contributed by atoms with Gasteiger partial charge < -0.3 is 20.3 Å². The topological polar surface area (TPSA) is 103 Å².